The van der Waals surface area contributed by atoms with E-state index in [0.29, 0.717) is 12.0 Å². The highest BCUT2D eigenvalue weighted by Gasteiger charge is 2.23. The quantitative estimate of drug-likeness (QED) is 0.600. The zero-order valence-corrected chi connectivity index (χ0v) is 13.0. The van der Waals surface area contributed by atoms with Crippen molar-refractivity contribution in [2.75, 3.05) is 12.4 Å². The van der Waals surface area contributed by atoms with Crippen LogP contribution in [0.15, 0.2) is 29.2 Å². The summed E-state index contributed by atoms with van der Waals surface area (Å²) in [6.45, 7) is 5.37. The van der Waals surface area contributed by atoms with E-state index in [0.717, 1.165) is 6.61 Å². The molecule has 1 aliphatic heterocycles. The van der Waals surface area contributed by atoms with Crippen molar-refractivity contribution in [3.8, 4) is 0 Å². The van der Waals surface area contributed by atoms with Gasteiger partial charge in [-0.3, -0.25) is 0 Å². The number of rotatable bonds is 8. The van der Waals surface area contributed by atoms with Gasteiger partial charge in [0.2, 0.25) is 0 Å². The molecule has 1 aliphatic rings. The second kappa shape index (κ2) is 7.96. The van der Waals surface area contributed by atoms with Gasteiger partial charge < -0.3 is 4.74 Å². The molecule has 0 amide bonds. The van der Waals surface area contributed by atoms with Crippen molar-refractivity contribution in [3.63, 3.8) is 0 Å². The predicted molar refractivity (Wildman–Crippen MR) is 84.1 cm³/mol. The van der Waals surface area contributed by atoms with Gasteiger partial charge >= 0.3 is 0 Å². The minimum atomic E-state index is 0.412. The second-order valence-corrected chi connectivity index (χ2v) is 6.60. The van der Waals surface area contributed by atoms with Crippen LogP contribution in [0.5, 0.6) is 0 Å². The van der Waals surface area contributed by atoms with E-state index in [-0.39, 0.29) is 0 Å². The van der Waals surface area contributed by atoms with Crippen molar-refractivity contribution in [2.24, 2.45) is 0 Å². The van der Waals surface area contributed by atoms with Gasteiger partial charge in [0.05, 0.1) is 12.7 Å². The summed E-state index contributed by atoms with van der Waals surface area (Å²) < 4.78 is 6.05. The molecule has 0 saturated carbocycles. The Labute approximate surface area is 122 Å². The van der Waals surface area contributed by atoms with Crippen LogP contribution >= 0.6 is 11.8 Å². The number of unbranched alkanes of at least 4 members (excludes halogenated alkanes) is 3. The van der Waals surface area contributed by atoms with Crippen molar-refractivity contribution in [1.29, 1.82) is 0 Å². The van der Waals surface area contributed by atoms with Crippen molar-refractivity contribution in [1.82, 2.24) is 0 Å². The lowest BCUT2D eigenvalue weighted by Crippen LogP contribution is -2.14. The summed E-state index contributed by atoms with van der Waals surface area (Å²) in [5.74, 6) is 1.78. The van der Waals surface area contributed by atoms with Gasteiger partial charge in [0.25, 0.3) is 0 Å². The largest absolute Gasteiger partial charge is 0.378 e. The molecule has 0 aromatic heterocycles. The Morgan fingerprint density at radius 1 is 1.26 bits per heavy atom. The van der Waals surface area contributed by atoms with E-state index in [4.69, 9.17) is 4.74 Å². The maximum Gasteiger partial charge on any atom is 0.0547 e. The van der Waals surface area contributed by atoms with Crippen LogP contribution in [-0.2, 0) is 4.74 Å². The number of thioether (sulfide) groups is 1. The minimum Gasteiger partial charge on any atom is -0.378 e. The van der Waals surface area contributed by atoms with E-state index in [1.165, 1.54) is 48.3 Å². The fraction of sp³-hybridized carbons (Fsp3) is 0.647. The second-order valence-electron chi connectivity index (χ2n) is 5.54. The van der Waals surface area contributed by atoms with Crippen molar-refractivity contribution >= 4 is 11.8 Å². The molecule has 2 unspecified atom stereocenters. The molecule has 1 aromatic rings. The highest BCUT2D eigenvalue weighted by molar-refractivity contribution is 7.99. The standard InChI is InChI=1S/C17H26OS/c1-3-4-5-6-9-14(2)18-12-15-13-19-17-11-8-7-10-16(15)17/h7-8,10-11,14-15H,3-6,9,12-13H2,1-2H3. The van der Waals surface area contributed by atoms with Gasteiger partial charge in [-0.25, -0.2) is 0 Å². The molecule has 0 radical (unpaired) electrons. The molecule has 1 heterocycles. The monoisotopic (exact) mass is 278 g/mol. The SMILES string of the molecule is CCCCCCC(C)OCC1CSc2ccccc21. The van der Waals surface area contributed by atoms with Gasteiger partial charge in [-0.15, -0.1) is 11.8 Å². The molecule has 19 heavy (non-hydrogen) atoms. The van der Waals surface area contributed by atoms with Gasteiger partial charge in [-0.1, -0.05) is 50.8 Å². The fourth-order valence-corrected chi connectivity index (χ4v) is 3.82. The topological polar surface area (TPSA) is 9.23 Å². The predicted octanol–water partition coefficient (Wildman–Crippen LogP) is 5.25. The van der Waals surface area contributed by atoms with Crippen molar-refractivity contribution < 1.29 is 4.74 Å². The van der Waals surface area contributed by atoms with E-state index in [1.54, 1.807) is 0 Å². The average Bonchev–Trinajstić information content (AvgIpc) is 2.85. The van der Waals surface area contributed by atoms with Crippen molar-refractivity contribution in [2.45, 2.75) is 62.9 Å². The third kappa shape index (κ3) is 4.54. The molecule has 0 saturated heterocycles. The lowest BCUT2D eigenvalue weighted by molar-refractivity contribution is 0.0516. The number of benzene rings is 1. The molecular formula is C17H26OS. The Morgan fingerprint density at radius 3 is 2.95 bits per heavy atom. The first kappa shape index (κ1) is 14.9. The summed E-state index contributed by atoms with van der Waals surface area (Å²) >= 11 is 1.97. The third-order valence-corrected chi connectivity index (χ3v) is 5.10. The first-order valence-corrected chi connectivity index (χ1v) is 8.63. The van der Waals surface area contributed by atoms with Crippen LogP contribution in [0.3, 0.4) is 0 Å². The zero-order chi connectivity index (χ0) is 13.5. The van der Waals surface area contributed by atoms with Crippen LogP contribution < -0.4 is 0 Å². The van der Waals surface area contributed by atoms with Crippen LogP contribution in [0.1, 0.15) is 57.4 Å². The molecule has 0 N–H and O–H groups in total. The first-order valence-electron chi connectivity index (χ1n) is 7.64. The van der Waals surface area contributed by atoms with E-state index in [1.807, 2.05) is 11.8 Å². The Balaban J connectivity index is 1.69. The number of hydrogen-bond donors (Lipinski definition) is 0. The maximum atomic E-state index is 6.05. The van der Waals surface area contributed by atoms with Gasteiger partial charge in [-0.05, 0) is 25.0 Å². The van der Waals surface area contributed by atoms with E-state index in [2.05, 4.69) is 38.1 Å². The smallest absolute Gasteiger partial charge is 0.0547 e. The lowest BCUT2D eigenvalue weighted by atomic mass is 10.0. The Hall–Kier alpha value is -0.470. The number of fused-ring (bicyclic) bond motifs is 1. The summed E-state index contributed by atoms with van der Waals surface area (Å²) in [5.41, 5.74) is 1.49. The molecular weight excluding hydrogens is 252 g/mol. The molecule has 2 atom stereocenters. The van der Waals surface area contributed by atoms with Crippen LogP contribution in [0.25, 0.3) is 0 Å². The number of hydrogen-bond acceptors (Lipinski definition) is 2. The van der Waals surface area contributed by atoms with Crippen LogP contribution in [0.4, 0.5) is 0 Å². The molecule has 106 valence electrons. The molecule has 1 nitrogen and oxygen atoms in total. The van der Waals surface area contributed by atoms with E-state index in [9.17, 15) is 0 Å². The zero-order valence-electron chi connectivity index (χ0n) is 12.2. The molecule has 0 aliphatic carbocycles. The van der Waals surface area contributed by atoms with Gasteiger partial charge in [0, 0.05) is 16.6 Å². The third-order valence-electron chi connectivity index (χ3n) is 3.84. The summed E-state index contributed by atoms with van der Waals surface area (Å²) in [5, 5.41) is 0. The highest BCUT2D eigenvalue weighted by atomic mass is 32.2. The summed E-state index contributed by atoms with van der Waals surface area (Å²) in [4.78, 5) is 1.45. The molecule has 1 aromatic carbocycles. The van der Waals surface area contributed by atoms with E-state index < -0.39 is 0 Å². The Bertz CT molecular complexity index is 377. The minimum absolute atomic E-state index is 0.412. The van der Waals surface area contributed by atoms with Crippen LogP contribution in [0, 0.1) is 0 Å². The number of ether oxygens (including phenoxy) is 1. The first-order chi connectivity index (χ1) is 9.31. The van der Waals surface area contributed by atoms with E-state index >= 15 is 0 Å². The summed E-state index contributed by atoms with van der Waals surface area (Å²) in [6.07, 6.45) is 6.96. The molecule has 0 fully saturated rings. The highest BCUT2D eigenvalue weighted by Crippen LogP contribution is 2.39. The summed E-state index contributed by atoms with van der Waals surface area (Å²) in [7, 11) is 0. The van der Waals surface area contributed by atoms with Crippen molar-refractivity contribution in [3.05, 3.63) is 29.8 Å². The maximum absolute atomic E-state index is 6.05. The Kier molecular flexibility index (Phi) is 6.25. The Morgan fingerprint density at radius 2 is 2.11 bits per heavy atom. The van der Waals surface area contributed by atoms with Gasteiger partial charge in [0.1, 0.15) is 0 Å². The van der Waals surface area contributed by atoms with Crippen LogP contribution in [0.2, 0.25) is 0 Å². The van der Waals surface area contributed by atoms with Crippen LogP contribution in [-0.4, -0.2) is 18.5 Å². The molecule has 0 spiro atoms. The van der Waals surface area contributed by atoms with Gasteiger partial charge in [0.15, 0.2) is 0 Å². The van der Waals surface area contributed by atoms with Gasteiger partial charge in [-0.2, -0.15) is 0 Å². The lowest BCUT2D eigenvalue weighted by Gasteiger charge is -2.17. The molecule has 2 heteroatoms. The normalized spacial score (nSPS) is 19.4. The molecule has 2 rings (SSSR count). The fourth-order valence-electron chi connectivity index (χ4n) is 2.59. The average molecular weight is 278 g/mol. The summed E-state index contributed by atoms with van der Waals surface area (Å²) in [6, 6.07) is 8.76. The molecule has 0 bridgehead atoms.